The minimum absolute atomic E-state index is 0.113. The molecule has 0 bridgehead atoms. The number of amides is 1. The number of carbonyl (C=O) groups excluding carboxylic acids is 1. The summed E-state index contributed by atoms with van der Waals surface area (Å²) in [7, 11) is 0. The zero-order chi connectivity index (χ0) is 17.6. The number of halogens is 2. The van der Waals surface area contributed by atoms with Crippen LogP contribution in [0.15, 0.2) is 60.8 Å². The first kappa shape index (κ1) is 17.0. The van der Waals surface area contributed by atoms with Gasteiger partial charge in [-0.1, -0.05) is 41.9 Å². The molecule has 1 heterocycles. The summed E-state index contributed by atoms with van der Waals surface area (Å²) in [5.74, 6) is -0.0273. The topological polar surface area (TPSA) is 56.1 Å². The summed E-state index contributed by atoms with van der Waals surface area (Å²) < 4.78 is 20.0. The Bertz CT molecular complexity index is 868. The van der Waals surface area contributed by atoms with Gasteiger partial charge in [0.2, 0.25) is 0 Å². The Morgan fingerprint density at radius 2 is 2.00 bits per heavy atom. The van der Waals surface area contributed by atoms with Gasteiger partial charge in [0.1, 0.15) is 17.4 Å². The van der Waals surface area contributed by atoms with E-state index in [9.17, 15) is 9.18 Å². The third-order valence-corrected chi connectivity index (χ3v) is 3.71. The molecule has 1 amide bonds. The predicted molar refractivity (Wildman–Crippen MR) is 93.3 cm³/mol. The van der Waals surface area contributed by atoms with E-state index >= 15 is 0 Å². The van der Waals surface area contributed by atoms with Crippen molar-refractivity contribution in [1.29, 1.82) is 0 Å². The lowest BCUT2D eigenvalue weighted by Crippen LogP contribution is -2.22. The molecule has 0 saturated carbocycles. The highest BCUT2D eigenvalue weighted by molar-refractivity contribution is 6.32. The fourth-order valence-corrected chi connectivity index (χ4v) is 2.46. The second-order valence-electron chi connectivity index (χ2n) is 5.27. The molecule has 0 fully saturated rings. The van der Waals surface area contributed by atoms with Crippen LogP contribution in [0.25, 0.3) is 0 Å². The normalized spacial score (nSPS) is 10.5. The van der Waals surface area contributed by atoms with Crippen LogP contribution in [0.3, 0.4) is 0 Å². The van der Waals surface area contributed by atoms with Gasteiger partial charge in [0, 0.05) is 6.07 Å². The first-order chi connectivity index (χ1) is 12.1. The van der Waals surface area contributed by atoms with Crippen LogP contribution in [0, 0.1) is 5.82 Å². The number of ether oxygens (including phenoxy) is 1. The number of benzene rings is 2. The average Bonchev–Trinajstić information content (AvgIpc) is 3.02. The molecular weight excluding hydrogens is 345 g/mol. The number of rotatable bonds is 6. The van der Waals surface area contributed by atoms with E-state index < -0.39 is 5.82 Å². The van der Waals surface area contributed by atoms with E-state index in [1.807, 2.05) is 30.3 Å². The molecule has 3 rings (SSSR count). The molecular formula is C18H15ClFN3O2. The molecule has 7 heteroatoms. The van der Waals surface area contributed by atoms with E-state index in [4.69, 9.17) is 16.3 Å². The van der Waals surface area contributed by atoms with Crippen molar-refractivity contribution >= 4 is 23.3 Å². The van der Waals surface area contributed by atoms with Crippen LogP contribution in [-0.2, 0) is 11.3 Å². The van der Waals surface area contributed by atoms with Gasteiger partial charge in [-0.05, 0) is 23.8 Å². The number of nitrogens with one attached hydrogen (secondary N) is 1. The summed E-state index contributed by atoms with van der Waals surface area (Å²) in [5, 5.41) is 7.05. The van der Waals surface area contributed by atoms with E-state index in [-0.39, 0.29) is 23.3 Å². The highest BCUT2D eigenvalue weighted by Gasteiger charge is 2.10. The van der Waals surface area contributed by atoms with Crippen molar-refractivity contribution in [3.05, 3.63) is 77.2 Å². The minimum atomic E-state index is -0.466. The Labute approximate surface area is 149 Å². The van der Waals surface area contributed by atoms with Crippen molar-refractivity contribution in [2.75, 3.05) is 11.9 Å². The Hall–Kier alpha value is -2.86. The Kier molecular flexibility index (Phi) is 5.30. The first-order valence-corrected chi connectivity index (χ1v) is 7.93. The lowest BCUT2D eigenvalue weighted by atomic mass is 10.2. The number of nitrogens with zero attached hydrogens (tertiary/aromatic N) is 2. The highest BCUT2D eigenvalue weighted by Crippen LogP contribution is 2.24. The van der Waals surface area contributed by atoms with Crippen LogP contribution in [-0.4, -0.2) is 22.3 Å². The molecule has 0 spiro atoms. The van der Waals surface area contributed by atoms with Crippen molar-refractivity contribution < 1.29 is 13.9 Å². The maximum absolute atomic E-state index is 13.0. The minimum Gasteiger partial charge on any atom is -0.482 e. The quantitative estimate of drug-likeness (QED) is 0.729. The van der Waals surface area contributed by atoms with E-state index in [1.165, 1.54) is 12.1 Å². The van der Waals surface area contributed by atoms with Gasteiger partial charge in [-0.15, -0.1) is 0 Å². The third kappa shape index (κ3) is 4.58. The first-order valence-electron chi connectivity index (χ1n) is 7.55. The van der Waals surface area contributed by atoms with Crippen molar-refractivity contribution in [1.82, 2.24) is 9.78 Å². The number of carbonyl (C=O) groups is 1. The van der Waals surface area contributed by atoms with E-state index in [2.05, 4.69) is 10.4 Å². The maximum atomic E-state index is 13.0. The standard InChI is InChI=1S/C18H15ClFN3O2/c19-15-10-14(20)6-7-16(15)25-12-18(24)22-17-8-9-21-23(17)11-13-4-2-1-3-5-13/h1-10H,11-12H2,(H,22,24). The van der Waals surface area contributed by atoms with E-state index in [0.29, 0.717) is 12.4 Å². The zero-order valence-corrected chi connectivity index (χ0v) is 13.9. The Morgan fingerprint density at radius 1 is 1.20 bits per heavy atom. The second kappa shape index (κ2) is 7.81. The SMILES string of the molecule is O=C(COc1ccc(F)cc1Cl)Nc1ccnn1Cc1ccccc1. The summed E-state index contributed by atoms with van der Waals surface area (Å²) in [5.41, 5.74) is 1.07. The number of aromatic nitrogens is 2. The van der Waals surface area contributed by atoms with Crippen LogP contribution >= 0.6 is 11.6 Å². The van der Waals surface area contributed by atoms with Crippen molar-refractivity contribution in [2.45, 2.75) is 6.54 Å². The summed E-state index contributed by atoms with van der Waals surface area (Å²) >= 11 is 5.86. The molecule has 0 aliphatic heterocycles. The predicted octanol–water partition coefficient (Wildman–Crippen LogP) is 3.74. The lowest BCUT2D eigenvalue weighted by molar-refractivity contribution is -0.118. The van der Waals surface area contributed by atoms with Crippen LogP contribution < -0.4 is 10.1 Å². The molecule has 0 saturated heterocycles. The Morgan fingerprint density at radius 3 is 2.76 bits per heavy atom. The molecule has 128 valence electrons. The van der Waals surface area contributed by atoms with Gasteiger partial charge in [0.15, 0.2) is 6.61 Å². The van der Waals surface area contributed by atoms with Gasteiger partial charge in [-0.3, -0.25) is 4.79 Å². The number of hydrogen-bond donors (Lipinski definition) is 1. The number of anilines is 1. The van der Waals surface area contributed by atoms with Gasteiger partial charge >= 0.3 is 0 Å². The number of hydrogen-bond acceptors (Lipinski definition) is 3. The molecule has 0 aliphatic carbocycles. The largest absolute Gasteiger partial charge is 0.482 e. The fourth-order valence-electron chi connectivity index (χ4n) is 2.24. The summed E-state index contributed by atoms with van der Waals surface area (Å²) in [6.45, 7) is 0.288. The van der Waals surface area contributed by atoms with Gasteiger partial charge in [-0.25, -0.2) is 9.07 Å². The maximum Gasteiger partial charge on any atom is 0.263 e. The smallest absolute Gasteiger partial charge is 0.263 e. The van der Waals surface area contributed by atoms with E-state index in [0.717, 1.165) is 11.6 Å². The summed E-state index contributed by atoms with van der Waals surface area (Å²) in [4.78, 5) is 12.1. The second-order valence-corrected chi connectivity index (χ2v) is 5.68. The lowest BCUT2D eigenvalue weighted by Gasteiger charge is -2.10. The average molecular weight is 360 g/mol. The van der Waals surface area contributed by atoms with Crippen LogP contribution in [0.1, 0.15) is 5.56 Å². The third-order valence-electron chi connectivity index (χ3n) is 3.41. The summed E-state index contributed by atoms with van der Waals surface area (Å²) in [6, 6.07) is 15.2. The fraction of sp³-hybridized carbons (Fsp3) is 0.111. The molecule has 5 nitrogen and oxygen atoms in total. The van der Waals surface area contributed by atoms with Gasteiger partial charge in [0.25, 0.3) is 5.91 Å². The molecule has 0 atom stereocenters. The summed E-state index contributed by atoms with van der Waals surface area (Å²) in [6.07, 6.45) is 1.61. The molecule has 3 aromatic rings. The van der Waals surface area contributed by atoms with Crippen LogP contribution in [0.2, 0.25) is 5.02 Å². The van der Waals surface area contributed by atoms with Crippen LogP contribution in [0.4, 0.5) is 10.2 Å². The molecule has 1 N–H and O–H groups in total. The molecule has 0 aliphatic rings. The molecule has 0 radical (unpaired) electrons. The molecule has 2 aromatic carbocycles. The molecule has 1 aromatic heterocycles. The Balaban J connectivity index is 1.59. The highest BCUT2D eigenvalue weighted by atomic mass is 35.5. The molecule has 25 heavy (non-hydrogen) atoms. The van der Waals surface area contributed by atoms with Crippen molar-refractivity contribution in [3.8, 4) is 5.75 Å². The van der Waals surface area contributed by atoms with Gasteiger partial charge < -0.3 is 10.1 Å². The van der Waals surface area contributed by atoms with E-state index in [1.54, 1.807) is 16.9 Å². The van der Waals surface area contributed by atoms with Gasteiger partial charge in [0.05, 0.1) is 17.8 Å². The molecule has 0 unspecified atom stereocenters. The monoisotopic (exact) mass is 359 g/mol. The van der Waals surface area contributed by atoms with Crippen LogP contribution in [0.5, 0.6) is 5.75 Å². The van der Waals surface area contributed by atoms with Gasteiger partial charge in [-0.2, -0.15) is 5.10 Å². The van der Waals surface area contributed by atoms with Crippen molar-refractivity contribution in [3.63, 3.8) is 0 Å². The van der Waals surface area contributed by atoms with Crippen molar-refractivity contribution in [2.24, 2.45) is 0 Å². The zero-order valence-electron chi connectivity index (χ0n) is 13.2.